The van der Waals surface area contributed by atoms with E-state index in [9.17, 15) is 61.9 Å². The highest BCUT2D eigenvalue weighted by molar-refractivity contribution is 6.24. The minimum Gasteiger partial charge on any atom is -0.508 e. The minimum atomic E-state index is -6.15. The molecule has 1 fully saturated rings. The van der Waals surface area contributed by atoms with Crippen LogP contribution in [0.4, 0.5) is 22.0 Å². The summed E-state index contributed by atoms with van der Waals surface area (Å²) in [5.41, 5.74) is -1.17. The summed E-state index contributed by atoms with van der Waals surface area (Å²) in [7, 11) is 2.48. The molecule has 218 valence electrons. The van der Waals surface area contributed by atoms with Gasteiger partial charge in [-0.25, -0.2) is 0 Å². The molecular weight excluding hydrogens is 555 g/mol. The highest BCUT2D eigenvalue weighted by Gasteiger charge is 2.69. The van der Waals surface area contributed by atoms with E-state index >= 15 is 0 Å². The number of fused-ring (bicyclic) bond motifs is 3. The molecule has 6 atom stereocenters. The van der Waals surface area contributed by atoms with Crippen LogP contribution in [0.5, 0.6) is 5.75 Å². The van der Waals surface area contributed by atoms with Gasteiger partial charge in [-0.2, -0.15) is 22.0 Å². The van der Waals surface area contributed by atoms with Crippen LogP contribution in [0.25, 0.3) is 5.76 Å². The second-order valence-corrected chi connectivity index (χ2v) is 9.93. The molecule has 0 heterocycles. The number of amides is 1. The van der Waals surface area contributed by atoms with E-state index in [2.05, 4.69) is 4.74 Å². The Morgan fingerprint density at radius 3 is 2.25 bits per heavy atom. The molecule has 0 aromatic heterocycles. The molecule has 1 aromatic carbocycles. The minimum absolute atomic E-state index is 0.303. The van der Waals surface area contributed by atoms with Crippen LogP contribution in [0.2, 0.25) is 0 Å². The normalized spacial score (nSPS) is 30.8. The molecule has 1 amide bonds. The maximum atomic E-state index is 13.8. The van der Waals surface area contributed by atoms with Gasteiger partial charge < -0.3 is 36.0 Å². The molecule has 7 N–H and O–H groups in total. The van der Waals surface area contributed by atoms with E-state index in [1.165, 1.54) is 14.1 Å². The molecule has 3 aliphatic carbocycles. The van der Waals surface area contributed by atoms with Crippen molar-refractivity contribution in [2.24, 2.45) is 17.6 Å². The standard InChI is InChI=1S/C24H23F5N2O9/c1-31(2)15-14-17(34)11-8(6-40-24(28,29)23(25,26)27)7-4-3-5-9(32)10(7)16(33)12(11)19(36)22(14,39)20(37)13(18(15)35)21(30)38/h3-5,8,11,14-15,17,32-34,37,39H,6H2,1-2H3,(H2,30,38). The van der Waals surface area contributed by atoms with Crippen molar-refractivity contribution >= 4 is 23.2 Å². The molecule has 11 nitrogen and oxygen atoms in total. The highest BCUT2D eigenvalue weighted by Crippen LogP contribution is 2.56. The Kier molecular flexibility index (Phi) is 6.77. The third-order valence-corrected chi connectivity index (χ3v) is 7.57. The van der Waals surface area contributed by atoms with Crippen LogP contribution in [0.1, 0.15) is 17.0 Å². The number of benzene rings is 1. The molecule has 16 heteroatoms. The number of aliphatic hydroxyl groups excluding tert-OH is 3. The average Bonchev–Trinajstić information content (AvgIpc) is 2.82. The van der Waals surface area contributed by atoms with Crippen LogP contribution in [-0.4, -0.2) is 98.6 Å². The smallest absolute Gasteiger partial charge is 0.482 e. The number of carbonyl (C=O) groups is 3. The second kappa shape index (κ2) is 9.22. The van der Waals surface area contributed by atoms with Gasteiger partial charge in [0.15, 0.2) is 11.4 Å². The summed E-state index contributed by atoms with van der Waals surface area (Å²) in [5.74, 6) is -13.5. The number of phenols is 1. The molecule has 6 unspecified atom stereocenters. The lowest BCUT2D eigenvalue weighted by molar-refractivity contribution is -0.392. The number of hydrogen-bond donors (Lipinski definition) is 6. The first kappa shape index (κ1) is 29.4. The van der Waals surface area contributed by atoms with Crippen LogP contribution in [0.3, 0.4) is 0 Å². The number of Topliss-reactive ketones (excluding diaryl/α,β-unsaturated/α-hetero) is 2. The van der Waals surface area contributed by atoms with Crippen molar-refractivity contribution in [3.05, 3.63) is 46.2 Å². The number of ketones is 2. The van der Waals surface area contributed by atoms with Gasteiger partial charge in [0.25, 0.3) is 5.91 Å². The molecule has 4 rings (SSSR count). The first-order valence-corrected chi connectivity index (χ1v) is 11.5. The Balaban J connectivity index is 2.00. The Hall–Kier alpha value is -3.60. The number of phenolic OH excluding ortho intramolecular Hbond substituents is 1. The van der Waals surface area contributed by atoms with E-state index in [1.807, 2.05) is 0 Å². The first-order chi connectivity index (χ1) is 18.3. The molecular formula is C24H23F5N2O9. The van der Waals surface area contributed by atoms with Gasteiger partial charge in [-0.15, -0.1) is 0 Å². The molecule has 1 saturated carbocycles. The topological polar surface area (TPSA) is 191 Å². The van der Waals surface area contributed by atoms with Gasteiger partial charge in [0, 0.05) is 17.4 Å². The molecule has 1 aromatic rings. The Bertz CT molecular complexity index is 1370. The molecule has 0 aliphatic heterocycles. The van der Waals surface area contributed by atoms with Crippen molar-refractivity contribution in [1.82, 2.24) is 4.90 Å². The number of likely N-dealkylation sites (N-methyl/N-ethyl adjacent to an activating group) is 1. The number of nitrogens with two attached hydrogens (primary N) is 1. The number of aliphatic hydroxyl groups is 4. The molecule has 0 bridgehead atoms. The van der Waals surface area contributed by atoms with Gasteiger partial charge in [-0.05, 0) is 25.7 Å². The summed E-state index contributed by atoms with van der Waals surface area (Å²) >= 11 is 0. The number of aromatic hydroxyl groups is 1. The van der Waals surface area contributed by atoms with Crippen molar-refractivity contribution in [2.45, 2.75) is 35.9 Å². The molecule has 3 aliphatic rings. The number of ether oxygens (including phenoxy) is 1. The molecule has 40 heavy (non-hydrogen) atoms. The van der Waals surface area contributed by atoms with E-state index in [4.69, 9.17) is 5.73 Å². The summed E-state index contributed by atoms with van der Waals surface area (Å²) in [6, 6.07) is 1.49. The predicted octanol–water partition coefficient (Wildman–Crippen LogP) is 0.648. The van der Waals surface area contributed by atoms with Crippen molar-refractivity contribution in [3.8, 4) is 5.75 Å². The van der Waals surface area contributed by atoms with E-state index in [1.54, 1.807) is 0 Å². The lowest BCUT2D eigenvalue weighted by Gasteiger charge is -2.54. The van der Waals surface area contributed by atoms with Gasteiger partial charge >= 0.3 is 12.3 Å². The largest absolute Gasteiger partial charge is 0.508 e. The fourth-order valence-corrected chi connectivity index (χ4v) is 5.87. The van der Waals surface area contributed by atoms with Crippen LogP contribution in [0, 0.1) is 11.8 Å². The van der Waals surface area contributed by atoms with Crippen molar-refractivity contribution in [1.29, 1.82) is 0 Å². The van der Waals surface area contributed by atoms with Crippen LogP contribution in [-0.2, 0) is 19.1 Å². The lowest BCUT2D eigenvalue weighted by atomic mass is 9.54. The fourth-order valence-electron chi connectivity index (χ4n) is 5.87. The van der Waals surface area contributed by atoms with E-state index in [0.717, 1.165) is 23.1 Å². The number of primary amides is 1. The van der Waals surface area contributed by atoms with Gasteiger partial charge in [0.2, 0.25) is 5.78 Å². The number of alkyl halides is 5. The van der Waals surface area contributed by atoms with Gasteiger partial charge in [-0.1, -0.05) is 12.1 Å². The number of rotatable bonds is 5. The molecule has 0 saturated heterocycles. The zero-order chi connectivity index (χ0) is 30.3. The zero-order valence-corrected chi connectivity index (χ0v) is 20.6. The maximum absolute atomic E-state index is 13.8. The maximum Gasteiger partial charge on any atom is 0.482 e. The van der Waals surface area contributed by atoms with Crippen LogP contribution in [0.15, 0.2) is 35.1 Å². The first-order valence-electron chi connectivity index (χ1n) is 11.5. The van der Waals surface area contributed by atoms with Crippen molar-refractivity contribution in [2.75, 3.05) is 20.7 Å². The van der Waals surface area contributed by atoms with Crippen LogP contribution < -0.4 is 5.73 Å². The Morgan fingerprint density at radius 2 is 1.73 bits per heavy atom. The SMILES string of the molecule is CN(C)C1C(=O)C(C(N)=O)=C(O)C2(O)C(=O)C3=C(O)c4c(O)cccc4C(COC(F)(F)C(F)(F)F)C3C(O)C12. The van der Waals surface area contributed by atoms with Gasteiger partial charge in [0.05, 0.1) is 30.2 Å². The summed E-state index contributed by atoms with van der Waals surface area (Å²) in [6.45, 7) is -1.53. The number of carbonyl (C=O) groups excluding carboxylic acids is 3. The number of nitrogens with zero attached hydrogens (tertiary/aromatic N) is 1. The molecule has 0 spiro atoms. The van der Waals surface area contributed by atoms with Gasteiger partial charge in [-0.3, -0.25) is 19.3 Å². The highest BCUT2D eigenvalue weighted by atomic mass is 19.4. The summed E-state index contributed by atoms with van der Waals surface area (Å²) < 4.78 is 70.0. The van der Waals surface area contributed by atoms with E-state index < -0.39 is 106 Å². The van der Waals surface area contributed by atoms with E-state index in [-0.39, 0.29) is 5.56 Å². The third kappa shape index (κ3) is 3.88. The summed E-state index contributed by atoms with van der Waals surface area (Å²) in [5, 5.41) is 55.3. The molecule has 0 radical (unpaired) electrons. The lowest BCUT2D eigenvalue weighted by Crippen LogP contribution is -2.70. The summed E-state index contributed by atoms with van der Waals surface area (Å²) in [4.78, 5) is 40.1. The van der Waals surface area contributed by atoms with E-state index in [0.29, 0.717) is 0 Å². The second-order valence-electron chi connectivity index (χ2n) is 9.93. The monoisotopic (exact) mass is 578 g/mol. The van der Waals surface area contributed by atoms with Gasteiger partial charge in [0.1, 0.15) is 22.8 Å². The van der Waals surface area contributed by atoms with Crippen LogP contribution >= 0.6 is 0 Å². The third-order valence-electron chi connectivity index (χ3n) is 7.57. The Morgan fingerprint density at radius 1 is 1.12 bits per heavy atom. The fraction of sp³-hybridized carbons (Fsp3) is 0.458. The quantitative estimate of drug-likeness (QED) is 0.214. The Labute approximate surface area is 221 Å². The number of hydrogen-bond acceptors (Lipinski definition) is 10. The van der Waals surface area contributed by atoms with Crippen molar-refractivity contribution < 1.29 is 66.6 Å². The van der Waals surface area contributed by atoms with Crippen molar-refractivity contribution in [3.63, 3.8) is 0 Å². The predicted molar refractivity (Wildman–Crippen MR) is 122 cm³/mol. The number of halogens is 5. The zero-order valence-electron chi connectivity index (χ0n) is 20.6. The average molecular weight is 578 g/mol. The summed E-state index contributed by atoms with van der Waals surface area (Å²) in [6.07, 6.45) is -14.1.